The summed E-state index contributed by atoms with van der Waals surface area (Å²) in [4.78, 5) is 0. The summed E-state index contributed by atoms with van der Waals surface area (Å²) in [6, 6.07) is 18.5. The lowest BCUT2D eigenvalue weighted by Crippen LogP contribution is -2.31. The molecular weight excluding hydrogens is 280 g/mol. The standard InChI is InChI=1S/C22H30O/c1-5-6-16-21(2,3)17-22(4,18-10-8-7-9-11-18)19-12-14-20(23)15-13-19/h7-15,23H,5-6,16-17H2,1-4H3. The molecule has 0 aliphatic carbocycles. The van der Waals surface area contributed by atoms with Gasteiger partial charge in [0.05, 0.1) is 0 Å². The van der Waals surface area contributed by atoms with Crippen molar-refractivity contribution >= 4 is 0 Å². The summed E-state index contributed by atoms with van der Waals surface area (Å²) in [7, 11) is 0. The second-order valence-corrected chi connectivity index (χ2v) is 7.69. The molecule has 1 N–H and O–H groups in total. The van der Waals surface area contributed by atoms with E-state index < -0.39 is 0 Å². The van der Waals surface area contributed by atoms with Gasteiger partial charge in [0, 0.05) is 5.41 Å². The lowest BCUT2D eigenvalue weighted by atomic mass is 9.65. The van der Waals surface area contributed by atoms with Crippen LogP contribution in [-0.4, -0.2) is 5.11 Å². The quantitative estimate of drug-likeness (QED) is 0.635. The van der Waals surface area contributed by atoms with E-state index in [2.05, 4.69) is 70.2 Å². The molecule has 0 saturated heterocycles. The Morgan fingerprint density at radius 2 is 1.39 bits per heavy atom. The highest BCUT2D eigenvalue weighted by Crippen LogP contribution is 2.44. The molecule has 0 saturated carbocycles. The Bertz CT molecular complexity index is 598. The maximum Gasteiger partial charge on any atom is 0.115 e. The van der Waals surface area contributed by atoms with Crippen LogP contribution in [0.4, 0.5) is 0 Å². The van der Waals surface area contributed by atoms with E-state index in [1.54, 1.807) is 12.1 Å². The molecule has 0 bridgehead atoms. The second kappa shape index (κ2) is 7.21. The Morgan fingerprint density at radius 1 is 0.826 bits per heavy atom. The summed E-state index contributed by atoms with van der Waals surface area (Å²) in [5, 5.41) is 9.64. The first-order chi connectivity index (χ1) is 10.9. The largest absolute Gasteiger partial charge is 0.508 e. The molecule has 1 atom stereocenters. The molecule has 2 aromatic rings. The van der Waals surface area contributed by atoms with E-state index in [-0.39, 0.29) is 10.8 Å². The number of hydrogen-bond donors (Lipinski definition) is 1. The van der Waals surface area contributed by atoms with E-state index in [1.807, 2.05) is 0 Å². The van der Waals surface area contributed by atoms with Crippen molar-refractivity contribution in [3.63, 3.8) is 0 Å². The van der Waals surface area contributed by atoms with Crippen LogP contribution in [0, 0.1) is 5.41 Å². The zero-order chi connectivity index (χ0) is 16.9. The highest BCUT2D eigenvalue weighted by atomic mass is 16.3. The van der Waals surface area contributed by atoms with E-state index in [0.717, 1.165) is 6.42 Å². The van der Waals surface area contributed by atoms with Crippen LogP contribution in [0.5, 0.6) is 5.75 Å². The maximum atomic E-state index is 9.64. The molecule has 2 rings (SSSR count). The Balaban J connectivity index is 2.41. The summed E-state index contributed by atoms with van der Waals surface area (Å²) in [5.74, 6) is 0.328. The minimum atomic E-state index is -0.0494. The van der Waals surface area contributed by atoms with Crippen LogP contribution >= 0.6 is 0 Å². The van der Waals surface area contributed by atoms with Crippen molar-refractivity contribution in [2.24, 2.45) is 5.41 Å². The van der Waals surface area contributed by atoms with Gasteiger partial charge in [-0.1, -0.05) is 83.0 Å². The average Bonchev–Trinajstić information content (AvgIpc) is 2.54. The molecular formula is C22H30O. The van der Waals surface area contributed by atoms with Gasteiger partial charge in [-0.15, -0.1) is 0 Å². The molecule has 0 spiro atoms. The molecule has 1 heteroatoms. The van der Waals surface area contributed by atoms with Crippen molar-refractivity contribution in [3.8, 4) is 5.75 Å². The van der Waals surface area contributed by atoms with Crippen molar-refractivity contribution in [3.05, 3.63) is 65.7 Å². The fourth-order valence-corrected chi connectivity index (χ4v) is 3.71. The molecule has 0 heterocycles. The van der Waals surface area contributed by atoms with Gasteiger partial charge >= 0.3 is 0 Å². The van der Waals surface area contributed by atoms with Crippen molar-refractivity contribution < 1.29 is 5.11 Å². The third-order valence-corrected chi connectivity index (χ3v) is 4.95. The van der Waals surface area contributed by atoms with E-state index in [1.165, 1.54) is 30.4 Å². The minimum Gasteiger partial charge on any atom is -0.508 e. The van der Waals surface area contributed by atoms with Crippen LogP contribution in [-0.2, 0) is 5.41 Å². The molecule has 0 amide bonds. The van der Waals surface area contributed by atoms with E-state index >= 15 is 0 Å². The van der Waals surface area contributed by atoms with Crippen molar-refractivity contribution in [1.82, 2.24) is 0 Å². The third-order valence-electron chi connectivity index (χ3n) is 4.95. The van der Waals surface area contributed by atoms with Gasteiger partial charge in [0.15, 0.2) is 0 Å². The minimum absolute atomic E-state index is 0.0494. The van der Waals surface area contributed by atoms with Gasteiger partial charge in [-0.2, -0.15) is 0 Å². The fourth-order valence-electron chi connectivity index (χ4n) is 3.71. The van der Waals surface area contributed by atoms with Crippen molar-refractivity contribution in [1.29, 1.82) is 0 Å². The smallest absolute Gasteiger partial charge is 0.115 e. The second-order valence-electron chi connectivity index (χ2n) is 7.69. The van der Waals surface area contributed by atoms with Crippen LogP contribution < -0.4 is 0 Å². The molecule has 1 unspecified atom stereocenters. The number of phenolic OH excluding ortho intramolecular Hbond substituents is 1. The normalized spacial score (nSPS) is 14.4. The molecule has 1 nitrogen and oxygen atoms in total. The Morgan fingerprint density at radius 3 is 1.96 bits per heavy atom. The molecule has 23 heavy (non-hydrogen) atoms. The van der Waals surface area contributed by atoms with Gasteiger partial charge in [0.1, 0.15) is 5.75 Å². The highest BCUT2D eigenvalue weighted by Gasteiger charge is 2.35. The number of unbranched alkanes of at least 4 members (excludes halogenated alkanes) is 1. The number of benzene rings is 2. The Kier molecular flexibility index (Phi) is 5.51. The van der Waals surface area contributed by atoms with E-state index in [4.69, 9.17) is 0 Å². The van der Waals surface area contributed by atoms with Gasteiger partial charge in [-0.05, 0) is 41.5 Å². The van der Waals surface area contributed by atoms with Crippen molar-refractivity contribution in [2.75, 3.05) is 0 Å². The van der Waals surface area contributed by atoms with Crippen LogP contribution in [0.1, 0.15) is 64.5 Å². The first-order valence-corrected chi connectivity index (χ1v) is 8.72. The first-order valence-electron chi connectivity index (χ1n) is 8.72. The van der Waals surface area contributed by atoms with Crippen LogP contribution in [0.2, 0.25) is 0 Å². The predicted octanol–water partition coefficient (Wildman–Crippen LogP) is 6.30. The summed E-state index contributed by atoms with van der Waals surface area (Å²) in [5.41, 5.74) is 2.84. The number of hydrogen-bond acceptors (Lipinski definition) is 1. The zero-order valence-electron chi connectivity index (χ0n) is 15.0. The lowest BCUT2D eigenvalue weighted by Gasteiger charge is -2.39. The lowest BCUT2D eigenvalue weighted by molar-refractivity contribution is 0.244. The van der Waals surface area contributed by atoms with Gasteiger partial charge in [-0.25, -0.2) is 0 Å². The molecule has 2 aromatic carbocycles. The topological polar surface area (TPSA) is 20.2 Å². The average molecular weight is 310 g/mol. The van der Waals surface area contributed by atoms with Gasteiger partial charge in [-0.3, -0.25) is 0 Å². The highest BCUT2D eigenvalue weighted by molar-refractivity contribution is 5.40. The summed E-state index contributed by atoms with van der Waals surface area (Å²) in [6.45, 7) is 9.35. The van der Waals surface area contributed by atoms with Gasteiger partial charge in [0.25, 0.3) is 0 Å². The number of phenols is 1. The monoisotopic (exact) mass is 310 g/mol. The number of aromatic hydroxyl groups is 1. The third kappa shape index (κ3) is 4.37. The first kappa shape index (κ1) is 17.6. The Labute approximate surface area is 141 Å². The Hall–Kier alpha value is -1.76. The van der Waals surface area contributed by atoms with Crippen molar-refractivity contribution in [2.45, 2.75) is 58.8 Å². The molecule has 0 radical (unpaired) electrons. The molecule has 0 aromatic heterocycles. The van der Waals surface area contributed by atoms with Gasteiger partial charge in [0.2, 0.25) is 0 Å². The maximum absolute atomic E-state index is 9.64. The van der Waals surface area contributed by atoms with Gasteiger partial charge < -0.3 is 5.11 Å². The van der Waals surface area contributed by atoms with E-state index in [0.29, 0.717) is 5.75 Å². The summed E-state index contributed by atoms with van der Waals surface area (Å²) >= 11 is 0. The molecule has 0 fully saturated rings. The van der Waals surface area contributed by atoms with Crippen LogP contribution in [0.3, 0.4) is 0 Å². The summed E-state index contributed by atoms with van der Waals surface area (Å²) in [6.07, 6.45) is 4.84. The molecule has 124 valence electrons. The summed E-state index contributed by atoms with van der Waals surface area (Å²) < 4.78 is 0. The molecule has 0 aliphatic heterocycles. The molecule has 0 aliphatic rings. The SMILES string of the molecule is CCCCC(C)(C)CC(C)(c1ccccc1)c1ccc(O)cc1. The number of rotatable bonds is 7. The fraction of sp³-hybridized carbons (Fsp3) is 0.455. The van der Waals surface area contributed by atoms with Crippen LogP contribution in [0.15, 0.2) is 54.6 Å². The predicted molar refractivity (Wildman–Crippen MR) is 98.9 cm³/mol. The zero-order valence-corrected chi connectivity index (χ0v) is 15.0. The van der Waals surface area contributed by atoms with E-state index in [9.17, 15) is 5.11 Å². The van der Waals surface area contributed by atoms with Crippen LogP contribution in [0.25, 0.3) is 0 Å².